The number of hydrogen-bond donors (Lipinski definition) is 3. The van der Waals surface area contributed by atoms with Crippen LogP contribution in [0.15, 0.2) is 48.7 Å². The van der Waals surface area contributed by atoms with Gasteiger partial charge in [-0.25, -0.2) is 14.2 Å². The van der Waals surface area contributed by atoms with Crippen LogP contribution in [-0.2, 0) is 16.1 Å². The summed E-state index contributed by atoms with van der Waals surface area (Å²) in [5.41, 5.74) is 3.62. The van der Waals surface area contributed by atoms with Crippen molar-refractivity contribution < 1.29 is 23.5 Å². The molecule has 1 aliphatic carbocycles. The highest BCUT2D eigenvalue weighted by atomic mass is 19.1. The molecule has 0 radical (unpaired) electrons. The van der Waals surface area contributed by atoms with Gasteiger partial charge in [-0.2, -0.15) is 0 Å². The molecule has 2 atom stereocenters. The first-order valence-electron chi connectivity index (χ1n) is 10.8. The number of carbonyl (C=O) groups excluding carboxylic acids is 3. The number of halogens is 1. The maximum atomic E-state index is 13.3. The Morgan fingerprint density at radius 1 is 1.21 bits per heavy atom. The van der Waals surface area contributed by atoms with Gasteiger partial charge in [0.2, 0.25) is 5.91 Å². The van der Waals surface area contributed by atoms with E-state index in [-0.39, 0.29) is 31.1 Å². The van der Waals surface area contributed by atoms with E-state index in [1.54, 1.807) is 12.1 Å². The van der Waals surface area contributed by atoms with Gasteiger partial charge in [-0.15, -0.1) is 0 Å². The molecule has 174 valence electrons. The van der Waals surface area contributed by atoms with Crippen molar-refractivity contribution in [2.75, 3.05) is 24.3 Å². The van der Waals surface area contributed by atoms with E-state index in [1.807, 2.05) is 30.3 Å². The molecule has 2 aromatic heterocycles. The fraction of sp³-hybridized carbons (Fsp3) is 0.250. The Hall–Kier alpha value is -4.21. The Morgan fingerprint density at radius 3 is 2.68 bits per heavy atom. The third-order valence-corrected chi connectivity index (χ3v) is 5.87. The van der Waals surface area contributed by atoms with Crippen LogP contribution in [0.5, 0.6) is 0 Å². The number of benzene rings is 1. The molecular formula is C24H22FN5O4. The molecule has 1 saturated carbocycles. The first-order chi connectivity index (χ1) is 16.4. The lowest BCUT2D eigenvalue weighted by Crippen LogP contribution is -2.39. The topological polar surface area (TPSA) is 116 Å². The minimum Gasteiger partial charge on any atom is -0.453 e. The van der Waals surface area contributed by atoms with Crippen molar-refractivity contribution in [2.45, 2.75) is 19.1 Å². The Labute approximate surface area is 194 Å². The Bertz CT molecular complexity index is 1280. The molecule has 0 saturated heterocycles. The molecule has 3 aromatic rings. The molecule has 1 fully saturated rings. The lowest BCUT2D eigenvalue weighted by atomic mass is 10.0. The highest BCUT2D eigenvalue weighted by Crippen LogP contribution is 2.39. The molecule has 1 unspecified atom stereocenters. The summed E-state index contributed by atoms with van der Waals surface area (Å²) in [5.74, 6) is -1.00. The van der Waals surface area contributed by atoms with Crippen LogP contribution in [0.1, 0.15) is 22.5 Å². The van der Waals surface area contributed by atoms with Gasteiger partial charge in [0.1, 0.15) is 12.0 Å². The normalized spacial score (nSPS) is 18.8. The zero-order chi connectivity index (χ0) is 23.8. The summed E-state index contributed by atoms with van der Waals surface area (Å²) in [5, 5.41) is 5.97. The van der Waals surface area contributed by atoms with Crippen molar-refractivity contribution in [1.82, 2.24) is 14.9 Å². The first-order valence-corrected chi connectivity index (χ1v) is 10.8. The van der Waals surface area contributed by atoms with Crippen molar-refractivity contribution in [1.29, 1.82) is 0 Å². The molecule has 1 aliphatic heterocycles. The third-order valence-electron chi connectivity index (χ3n) is 5.87. The smallest absolute Gasteiger partial charge is 0.410 e. The summed E-state index contributed by atoms with van der Waals surface area (Å²) in [6.07, 6.45) is 0.0507. The van der Waals surface area contributed by atoms with E-state index in [2.05, 4.69) is 20.6 Å². The number of nitrogens with one attached hydrogen (secondary N) is 3. The number of ketones is 1. The number of Topliss-reactive ketones (excluding diaryl/α,β-unsaturated/α-hetero) is 1. The molecule has 3 heterocycles. The molecule has 10 heteroatoms. The molecule has 9 nitrogen and oxygen atoms in total. The molecule has 0 bridgehead atoms. The number of hydrogen-bond acceptors (Lipinski definition) is 6. The van der Waals surface area contributed by atoms with E-state index in [0.29, 0.717) is 28.2 Å². The molecular weight excluding hydrogens is 441 g/mol. The number of carbonyl (C=O) groups is 3. The number of pyridine rings is 1. The Morgan fingerprint density at radius 2 is 1.97 bits per heavy atom. The van der Waals surface area contributed by atoms with Crippen LogP contribution >= 0.6 is 0 Å². The van der Waals surface area contributed by atoms with Gasteiger partial charge in [0.25, 0.3) is 0 Å². The lowest BCUT2D eigenvalue weighted by Gasteiger charge is -2.25. The van der Waals surface area contributed by atoms with Gasteiger partial charge in [-0.05, 0) is 30.7 Å². The average Bonchev–Trinajstić information content (AvgIpc) is 3.47. The summed E-state index contributed by atoms with van der Waals surface area (Å²) < 4.78 is 18.0. The second kappa shape index (κ2) is 8.62. The number of H-pyrrole nitrogens is 1. The Kier molecular flexibility index (Phi) is 5.48. The molecule has 3 N–H and O–H groups in total. The number of methoxy groups -OCH3 is 1. The largest absolute Gasteiger partial charge is 0.453 e. The predicted octanol–water partition coefficient (Wildman–Crippen LogP) is 3.88. The van der Waals surface area contributed by atoms with Crippen LogP contribution in [0.25, 0.3) is 11.3 Å². The van der Waals surface area contributed by atoms with E-state index in [0.717, 1.165) is 5.69 Å². The van der Waals surface area contributed by atoms with E-state index in [4.69, 9.17) is 4.74 Å². The van der Waals surface area contributed by atoms with Crippen molar-refractivity contribution >= 4 is 35.0 Å². The summed E-state index contributed by atoms with van der Waals surface area (Å²) in [7, 11) is 1.27. The number of ether oxygens (including phenoxy) is 1. The summed E-state index contributed by atoms with van der Waals surface area (Å²) >= 11 is 0. The van der Waals surface area contributed by atoms with Crippen molar-refractivity contribution in [3.63, 3.8) is 0 Å². The molecule has 5 rings (SSSR count). The van der Waals surface area contributed by atoms with Crippen molar-refractivity contribution in [3.05, 3.63) is 59.9 Å². The first kappa shape index (κ1) is 21.6. The quantitative estimate of drug-likeness (QED) is 0.529. The molecule has 0 spiro atoms. The standard InChI is InChI=1S/C24H22FN5O4/c1-34-24(33)30-11-17-20(18(31)12-30)22(27-14-5-3-2-4-6-14)21(28-17)13-7-8-26-19(9-13)29-23(32)15-10-16(15)25/h2-9,15-16,27-28H,10-12H2,1H3,(H,26,29,32)/t15-,16?/m0/s1. The van der Waals surface area contributed by atoms with E-state index in [1.165, 1.54) is 18.2 Å². The fourth-order valence-electron chi connectivity index (χ4n) is 4.05. The fourth-order valence-corrected chi connectivity index (χ4v) is 4.05. The van der Waals surface area contributed by atoms with Crippen molar-refractivity contribution in [3.8, 4) is 11.3 Å². The second-order valence-electron chi connectivity index (χ2n) is 8.25. The van der Waals surface area contributed by atoms with Gasteiger partial charge in [0, 0.05) is 23.1 Å². The number of anilines is 3. The van der Waals surface area contributed by atoms with Crippen molar-refractivity contribution in [2.24, 2.45) is 5.92 Å². The van der Waals surface area contributed by atoms with E-state index in [9.17, 15) is 18.8 Å². The highest BCUT2D eigenvalue weighted by Gasteiger charge is 2.43. The summed E-state index contributed by atoms with van der Waals surface area (Å²) in [4.78, 5) is 46.1. The molecule has 34 heavy (non-hydrogen) atoms. The number of aromatic nitrogens is 2. The van der Waals surface area contributed by atoms with Crippen LogP contribution in [0, 0.1) is 5.92 Å². The maximum absolute atomic E-state index is 13.3. The van der Waals surface area contributed by atoms with Crippen LogP contribution in [0.2, 0.25) is 0 Å². The number of alkyl halides is 1. The zero-order valence-electron chi connectivity index (χ0n) is 18.3. The minimum atomic E-state index is -1.11. The van der Waals surface area contributed by atoms with Gasteiger partial charge >= 0.3 is 6.09 Å². The van der Waals surface area contributed by atoms with Gasteiger partial charge in [-0.1, -0.05) is 18.2 Å². The lowest BCUT2D eigenvalue weighted by molar-refractivity contribution is -0.117. The van der Waals surface area contributed by atoms with Gasteiger partial charge in [0.05, 0.1) is 43.1 Å². The SMILES string of the molecule is COC(=O)N1CC(=O)c2c([nH]c(-c3ccnc(NC(=O)[C@H]4CC4F)c3)c2Nc2ccccc2)C1. The predicted molar refractivity (Wildman–Crippen MR) is 123 cm³/mol. The number of fused-ring (bicyclic) bond motifs is 1. The van der Waals surface area contributed by atoms with E-state index >= 15 is 0 Å². The highest BCUT2D eigenvalue weighted by molar-refractivity contribution is 6.09. The third kappa shape index (κ3) is 4.09. The average molecular weight is 463 g/mol. The monoisotopic (exact) mass is 463 g/mol. The van der Waals surface area contributed by atoms with Gasteiger partial charge < -0.3 is 20.4 Å². The van der Waals surface area contributed by atoms with E-state index < -0.39 is 24.1 Å². The number of rotatable bonds is 5. The minimum absolute atomic E-state index is 0.107. The van der Waals surface area contributed by atoms with Crippen LogP contribution in [0.4, 0.5) is 26.4 Å². The summed E-state index contributed by atoms with van der Waals surface area (Å²) in [6, 6.07) is 12.8. The van der Waals surface area contributed by atoms with Gasteiger partial charge in [0.15, 0.2) is 5.78 Å². The Balaban J connectivity index is 1.54. The van der Waals surface area contributed by atoms with Crippen LogP contribution in [-0.4, -0.2) is 52.5 Å². The molecule has 2 amide bonds. The molecule has 1 aromatic carbocycles. The van der Waals surface area contributed by atoms with Gasteiger partial charge in [-0.3, -0.25) is 14.5 Å². The zero-order valence-corrected chi connectivity index (χ0v) is 18.3. The maximum Gasteiger partial charge on any atom is 0.410 e. The number of aromatic amines is 1. The number of para-hydroxylation sites is 1. The van der Waals surface area contributed by atoms with Crippen LogP contribution in [0.3, 0.4) is 0 Å². The second-order valence-corrected chi connectivity index (χ2v) is 8.25. The summed E-state index contributed by atoms with van der Waals surface area (Å²) in [6.45, 7) is 0.0648. The molecule has 2 aliphatic rings. The number of amides is 2. The number of nitrogens with zero attached hydrogens (tertiary/aromatic N) is 2. The van der Waals surface area contributed by atoms with Crippen LogP contribution < -0.4 is 10.6 Å².